The van der Waals surface area contributed by atoms with E-state index >= 15 is 0 Å². The van der Waals surface area contributed by atoms with Crippen LogP contribution in [0.4, 0.5) is 0 Å². The molecule has 0 bridgehead atoms. The van der Waals surface area contributed by atoms with Gasteiger partial charge < -0.3 is 19.5 Å². The Hall–Kier alpha value is -1.82. The van der Waals surface area contributed by atoms with Gasteiger partial charge in [0.1, 0.15) is 6.26 Å². The van der Waals surface area contributed by atoms with Gasteiger partial charge in [-0.1, -0.05) is 0 Å². The quantitative estimate of drug-likeness (QED) is 0.749. The number of carboxylic acids is 1. The number of furan rings is 1. The average Bonchev–Trinajstić information content (AvgIpc) is 2.84. The largest absolute Gasteiger partial charge is 0.478 e. The number of hydrogen-bond acceptors (Lipinski definition) is 4. The first kappa shape index (κ1) is 10.7. The zero-order chi connectivity index (χ0) is 11.7. The summed E-state index contributed by atoms with van der Waals surface area (Å²) in [5, 5.41) is 17.9. The van der Waals surface area contributed by atoms with Crippen LogP contribution in [0.15, 0.2) is 16.7 Å². The molecule has 1 aromatic heterocycles. The molecule has 2 heterocycles. The molecule has 6 nitrogen and oxygen atoms in total. The standard InChI is InChI=1S/C10H11NO5/c12-7-1-2-11(4-7)9(13)8-3-6(5-16-8)10(14)15/h3,5,7,12H,1-2,4H2,(H,14,15). The molecule has 1 aliphatic heterocycles. The van der Waals surface area contributed by atoms with E-state index in [9.17, 15) is 14.7 Å². The highest BCUT2D eigenvalue weighted by atomic mass is 16.4. The monoisotopic (exact) mass is 225 g/mol. The van der Waals surface area contributed by atoms with Crippen molar-refractivity contribution in [3.63, 3.8) is 0 Å². The van der Waals surface area contributed by atoms with Crippen molar-refractivity contribution in [1.82, 2.24) is 4.90 Å². The first-order valence-corrected chi connectivity index (χ1v) is 4.87. The lowest BCUT2D eigenvalue weighted by atomic mass is 10.3. The van der Waals surface area contributed by atoms with E-state index in [-0.39, 0.29) is 23.8 Å². The zero-order valence-corrected chi connectivity index (χ0v) is 8.42. The van der Waals surface area contributed by atoms with Crippen molar-refractivity contribution < 1.29 is 24.2 Å². The number of aliphatic hydroxyl groups excluding tert-OH is 1. The van der Waals surface area contributed by atoms with E-state index < -0.39 is 12.1 Å². The SMILES string of the molecule is O=C(O)c1coc(C(=O)N2CCC(O)C2)c1. The molecule has 1 saturated heterocycles. The summed E-state index contributed by atoms with van der Waals surface area (Å²) in [6, 6.07) is 1.19. The maximum Gasteiger partial charge on any atom is 0.338 e. The first-order valence-electron chi connectivity index (χ1n) is 4.87. The minimum Gasteiger partial charge on any atom is -0.478 e. The molecule has 1 atom stereocenters. The van der Waals surface area contributed by atoms with Crippen LogP contribution in [0, 0.1) is 0 Å². The summed E-state index contributed by atoms with van der Waals surface area (Å²) in [6.07, 6.45) is 1.07. The summed E-state index contributed by atoms with van der Waals surface area (Å²) in [4.78, 5) is 23.8. The molecule has 1 unspecified atom stereocenters. The van der Waals surface area contributed by atoms with Crippen LogP contribution in [0.25, 0.3) is 0 Å². The average molecular weight is 225 g/mol. The van der Waals surface area contributed by atoms with Gasteiger partial charge >= 0.3 is 5.97 Å². The van der Waals surface area contributed by atoms with Crippen molar-refractivity contribution in [2.75, 3.05) is 13.1 Å². The smallest absolute Gasteiger partial charge is 0.338 e. The molecule has 1 aliphatic rings. The van der Waals surface area contributed by atoms with Crippen molar-refractivity contribution in [3.05, 3.63) is 23.7 Å². The summed E-state index contributed by atoms with van der Waals surface area (Å²) >= 11 is 0. The van der Waals surface area contributed by atoms with Crippen molar-refractivity contribution in [1.29, 1.82) is 0 Å². The van der Waals surface area contributed by atoms with E-state index in [2.05, 4.69) is 0 Å². The second-order valence-corrected chi connectivity index (χ2v) is 3.70. The van der Waals surface area contributed by atoms with E-state index in [1.54, 1.807) is 0 Å². The molecule has 0 spiro atoms. The van der Waals surface area contributed by atoms with Crippen molar-refractivity contribution in [3.8, 4) is 0 Å². The third kappa shape index (κ3) is 1.92. The molecule has 2 rings (SSSR count). The number of β-amino-alcohol motifs (C(OH)–C–C–N with tert-alkyl or cyclic N) is 1. The molecule has 86 valence electrons. The van der Waals surface area contributed by atoms with Crippen LogP contribution < -0.4 is 0 Å². The lowest BCUT2D eigenvalue weighted by molar-refractivity contribution is 0.0694. The van der Waals surface area contributed by atoms with Gasteiger partial charge in [-0.2, -0.15) is 0 Å². The number of carboxylic acid groups (broad SMARTS) is 1. The van der Waals surface area contributed by atoms with Crippen molar-refractivity contribution >= 4 is 11.9 Å². The fourth-order valence-corrected chi connectivity index (χ4v) is 1.64. The van der Waals surface area contributed by atoms with Crippen LogP contribution in [-0.2, 0) is 0 Å². The maximum atomic E-state index is 11.8. The fourth-order valence-electron chi connectivity index (χ4n) is 1.64. The lowest BCUT2D eigenvalue weighted by Crippen LogP contribution is -2.29. The number of likely N-dealkylation sites (tertiary alicyclic amines) is 1. The number of carbonyl (C=O) groups excluding carboxylic acids is 1. The maximum absolute atomic E-state index is 11.8. The van der Waals surface area contributed by atoms with Crippen LogP contribution in [-0.4, -0.2) is 46.2 Å². The molecule has 0 radical (unpaired) electrons. The molecule has 1 aromatic rings. The van der Waals surface area contributed by atoms with Gasteiger partial charge in [-0.05, 0) is 6.42 Å². The lowest BCUT2D eigenvalue weighted by Gasteiger charge is -2.12. The fraction of sp³-hybridized carbons (Fsp3) is 0.400. The first-order chi connectivity index (χ1) is 7.58. The van der Waals surface area contributed by atoms with E-state index in [0.717, 1.165) is 6.26 Å². The number of carbonyl (C=O) groups is 2. The number of nitrogens with zero attached hydrogens (tertiary/aromatic N) is 1. The Labute approximate surface area is 91.1 Å². The summed E-state index contributed by atoms with van der Waals surface area (Å²) in [6.45, 7) is 0.727. The summed E-state index contributed by atoms with van der Waals surface area (Å²) < 4.78 is 4.88. The topological polar surface area (TPSA) is 91.0 Å². The minimum absolute atomic E-state index is 0.00787. The molecule has 0 saturated carbocycles. The number of rotatable bonds is 2. The molecule has 0 aliphatic carbocycles. The van der Waals surface area contributed by atoms with Gasteiger partial charge in [-0.25, -0.2) is 4.79 Å². The Bertz CT molecular complexity index is 425. The van der Waals surface area contributed by atoms with E-state index in [4.69, 9.17) is 9.52 Å². The van der Waals surface area contributed by atoms with Gasteiger partial charge in [0.25, 0.3) is 5.91 Å². The zero-order valence-electron chi connectivity index (χ0n) is 8.42. The Morgan fingerprint density at radius 1 is 1.50 bits per heavy atom. The van der Waals surface area contributed by atoms with Crippen LogP contribution in [0.1, 0.15) is 27.3 Å². The predicted octanol–water partition coefficient (Wildman–Crippen LogP) is 0.185. The number of hydrogen-bond donors (Lipinski definition) is 2. The highest BCUT2D eigenvalue weighted by molar-refractivity contribution is 5.95. The van der Waals surface area contributed by atoms with Gasteiger partial charge in [0.2, 0.25) is 0 Å². The molecule has 0 aromatic carbocycles. The van der Waals surface area contributed by atoms with Crippen LogP contribution in [0.3, 0.4) is 0 Å². The normalized spacial score (nSPS) is 20.1. The second kappa shape index (κ2) is 3.97. The van der Waals surface area contributed by atoms with Crippen LogP contribution >= 0.6 is 0 Å². The van der Waals surface area contributed by atoms with Crippen LogP contribution in [0.5, 0.6) is 0 Å². The highest BCUT2D eigenvalue weighted by Gasteiger charge is 2.27. The Balaban J connectivity index is 2.11. The van der Waals surface area contributed by atoms with Crippen molar-refractivity contribution in [2.24, 2.45) is 0 Å². The minimum atomic E-state index is -1.13. The second-order valence-electron chi connectivity index (χ2n) is 3.70. The third-order valence-electron chi connectivity index (χ3n) is 2.51. The Morgan fingerprint density at radius 2 is 2.25 bits per heavy atom. The molecule has 2 N–H and O–H groups in total. The molecule has 1 fully saturated rings. The summed E-state index contributed by atoms with van der Waals surface area (Å²) in [5.41, 5.74) is -0.0527. The van der Waals surface area contributed by atoms with Gasteiger partial charge in [0.15, 0.2) is 5.76 Å². The molecule has 16 heavy (non-hydrogen) atoms. The summed E-state index contributed by atoms with van der Waals surface area (Å²) in [7, 11) is 0. The predicted molar refractivity (Wildman–Crippen MR) is 52.2 cm³/mol. The van der Waals surface area contributed by atoms with E-state index in [1.165, 1.54) is 11.0 Å². The summed E-state index contributed by atoms with van der Waals surface area (Å²) in [5.74, 6) is -1.53. The Morgan fingerprint density at radius 3 is 2.75 bits per heavy atom. The number of amides is 1. The number of aliphatic hydroxyl groups is 1. The van der Waals surface area contributed by atoms with Crippen LogP contribution in [0.2, 0.25) is 0 Å². The van der Waals surface area contributed by atoms with Gasteiger partial charge in [-0.15, -0.1) is 0 Å². The van der Waals surface area contributed by atoms with E-state index in [0.29, 0.717) is 13.0 Å². The third-order valence-corrected chi connectivity index (χ3v) is 2.51. The van der Waals surface area contributed by atoms with Crippen molar-refractivity contribution in [2.45, 2.75) is 12.5 Å². The highest BCUT2D eigenvalue weighted by Crippen LogP contribution is 2.15. The molecule has 1 amide bonds. The molecular formula is C10H11NO5. The Kier molecular flexibility index (Phi) is 2.66. The van der Waals surface area contributed by atoms with Gasteiger partial charge in [-0.3, -0.25) is 4.79 Å². The molecular weight excluding hydrogens is 214 g/mol. The molecule has 6 heteroatoms. The number of aromatic carboxylic acids is 1. The van der Waals surface area contributed by atoms with Gasteiger partial charge in [0, 0.05) is 19.2 Å². The van der Waals surface area contributed by atoms with Gasteiger partial charge in [0.05, 0.1) is 11.7 Å². The van der Waals surface area contributed by atoms with E-state index in [1.807, 2.05) is 0 Å².